The molecule has 4 nitrogen and oxygen atoms in total. The van der Waals surface area contributed by atoms with Gasteiger partial charge in [-0.3, -0.25) is 4.79 Å². The number of ether oxygens (including phenoxy) is 1. The molecule has 1 aromatic carbocycles. The van der Waals surface area contributed by atoms with Gasteiger partial charge in [0.15, 0.2) is 0 Å². The molecule has 4 heteroatoms. The minimum Gasteiger partial charge on any atom is -0.491 e. The van der Waals surface area contributed by atoms with E-state index >= 15 is 0 Å². The Hall–Kier alpha value is -2.10. The molecule has 0 unspecified atom stereocenters. The molecule has 1 heterocycles. The Kier molecular flexibility index (Phi) is 4.23. The molecule has 0 spiro atoms. The summed E-state index contributed by atoms with van der Waals surface area (Å²) < 4.78 is 5.58. The summed E-state index contributed by atoms with van der Waals surface area (Å²) in [5.41, 5.74) is 1.38. The quantitative estimate of drug-likeness (QED) is 0.857. The fraction of sp³-hybridized carbons (Fsp3) is 0.375. The Morgan fingerprint density at radius 1 is 1.15 bits per heavy atom. The molecule has 0 aromatic heterocycles. The summed E-state index contributed by atoms with van der Waals surface area (Å²) in [7, 11) is 0. The molecule has 0 atom stereocenters. The fourth-order valence-electron chi connectivity index (χ4n) is 1.83. The lowest BCUT2D eigenvalue weighted by Gasteiger charge is -2.09. The van der Waals surface area contributed by atoms with Gasteiger partial charge in [0.25, 0.3) is 5.91 Å². The van der Waals surface area contributed by atoms with Crippen LogP contribution in [-0.4, -0.2) is 17.8 Å². The lowest BCUT2D eigenvalue weighted by atomic mass is 10.2. The van der Waals surface area contributed by atoms with Crippen LogP contribution in [0.2, 0.25) is 0 Å². The van der Waals surface area contributed by atoms with E-state index in [0.29, 0.717) is 5.70 Å². The van der Waals surface area contributed by atoms with Crippen LogP contribution in [-0.2, 0) is 4.79 Å². The van der Waals surface area contributed by atoms with Crippen LogP contribution in [0.3, 0.4) is 0 Å². The summed E-state index contributed by atoms with van der Waals surface area (Å²) in [6.07, 6.45) is 1.93. The highest BCUT2D eigenvalue weighted by Crippen LogP contribution is 2.18. The Bertz CT molecular complexity index is 554. The first kappa shape index (κ1) is 14.3. The molecule has 0 saturated heterocycles. The maximum Gasteiger partial charge on any atom is 0.275 e. The Balaban J connectivity index is 2.17. The average Bonchev–Trinajstić information content (AvgIpc) is 2.73. The summed E-state index contributed by atoms with van der Waals surface area (Å²) in [5.74, 6) is 1.62. The number of amides is 1. The molecule has 1 N–H and O–H groups in total. The third kappa shape index (κ3) is 3.47. The molecular formula is C16H20N2O2. The third-order valence-corrected chi connectivity index (χ3v) is 2.82. The summed E-state index contributed by atoms with van der Waals surface area (Å²) in [5, 5.41) is 2.78. The number of carbonyl (C=O) groups is 1. The third-order valence-electron chi connectivity index (χ3n) is 2.82. The van der Waals surface area contributed by atoms with Gasteiger partial charge in [-0.25, -0.2) is 4.99 Å². The van der Waals surface area contributed by atoms with E-state index in [0.717, 1.165) is 17.1 Å². The van der Waals surface area contributed by atoms with Crippen LogP contribution in [0.1, 0.15) is 33.3 Å². The molecule has 2 rings (SSSR count). The topological polar surface area (TPSA) is 50.7 Å². The molecule has 0 saturated carbocycles. The van der Waals surface area contributed by atoms with Gasteiger partial charge < -0.3 is 10.1 Å². The van der Waals surface area contributed by atoms with Crippen molar-refractivity contribution in [1.82, 2.24) is 5.32 Å². The number of hydrogen-bond donors (Lipinski definition) is 1. The largest absolute Gasteiger partial charge is 0.491 e. The van der Waals surface area contributed by atoms with Crippen molar-refractivity contribution in [3.8, 4) is 5.75 Å². The zero-order valence-electron chi connectivity index (χ0n) is 12.3. The molecular weight excluding hydrogens is 252 g/mol. The van der Waals surface area contributed by atoms with Gasteiger partial charge >= 0.3 is 0 Å². The number of rotatable bonds is 4. The molecule has 1 aliphatic heterocycles. The van der Waals surface area contributed by atoms with Crippen molar-refractivity contribution in [3.63, 3.8) is 0 Å². The monoisotopic (exact) mass is 272 g/mol. The standard InChI is InChI=1S/C16H20N2O2/c1-10(2)15-17-14(16(19)18-15)9-12-5-7-13(8-6-12)20-11(3)4/h5-11H,1-4H3,(H,17,18,19)/b14-9+. The number of nitrogens with one attached hydrogen (secondary N) is 1. The van der Waals surface area contributed by atoms with Crippen LogP contribution < -0.4 is 10.1 Å². The number of carbonyl (C=O) groups excluding carboxylic acids is 1. The SMILES string of the molecule is CC(C)Oc1ccc(/C=C2/N=C(C(C)C)NC2=O)cc1. The van der Waals surface area contributed by atoms with E-state index in [1.54, 1.807) is 6.08 Å². The van der Waals surface area contributed by atoms with E-state index in [4.69, 9.17) is 4.74 Å². The highest BCUT2D eigenvalue weighted by atomic mass is 16.5. The molecule has 20 heavy (non-hydrogen) atoms. The average molecular weight is 272 g/mol. The van der Waals surface area contributed by atoms with E-state index in [1.165, 1.54) is 0 Å². The summed E-state index contributed by atoms with van der Waals surface area (Å²) in [4.78, 5) is 16.1. The van der Waals surface area contributed by atoms with Crippen molar-refractivity contribution >= 4 is 17.8 Å². The van der Waals surface area contributed by atoms with E-state index in [-0.39, 0.29) is 17.9 Å². The molecule has 106 valence electrons. The van der Waals surface area contributed by atoms with Crippen molar-refractivity contribution in [2.45, 2.75) is 33.8 Å². The van der Waals surface area contributed by atoms with Gasteiger partial charge in [-0.15, -0.1) is 0 Å². The first-order valence-electron chi connectivity index (χ1n) is 6.84. The molecule has 0 radical (unpaired) electrons. The second-order valence-corrected chi connectivity index (χ2v) is 5.37. The van der Waals surface area contributed by atoms with Crippen LogP contribution >= 0.6 is 0 Å². The van der Waals surface area contributed by atoms with Crippen LogP contribution in [0.5, 0.6) is 5.75 Å². The van der Waals surface area contributed by atoms with Gasteiger partial charge in [0, 0.05) is 5.92 Å². The van der Waals surface area contributed by atoms with E-state index < -0.39 is 0 Å². The number of amidine groups is 1. The molecule has 1 aliphatic rings. The molecule has 1 amide bonds. The van der Waals surface area contributed by atoms with Crippen LogP contribution in [0.25, 0.3) is 6.08 Å². The maximum absolute atomic E-state index is 11.8. The summed E-state index contributed by atoms with van der Waals surface area (Å²) in [6, 6.07) is 7.63. The zero-order valence-corrected chi connectivity index (χ0v) is 12.3. The van der Waals surface area contributed by atoms with Gasteiger partial charge in [-0.1, -0.05) is 26.0 Å². The fourth-order valence-corrected chi connectivity index (χ4v) is 1.83. The first-order valence-corrected chi connectivity index (χ1v) is 6.84. The normalized spacial score (nSPS) is 16.8. The van der Waals surface area contributed by atoms with Crippen LogP contribution in [0.15, 0.2) is 35.0 Å². The predicted octanol–water partition coefficient (Wildman–Crippen LogP) is 3.00. The highest BCUT2D eigenvalue weighted by molar-refractivity contribution is 6.14. The lowest BCUT2D eigenvalue weighted by Crippen LogP contribution is -2.27. The smallest absolute Gasteiger partial charge is 0.275 e. The molecule has 0 aliphatic carbocycles. The number of hydrogen-bond acceptors (Lipinski definition) is 3. The van der Waals surface area contributed by atoms with Crippen molar-refractivity contribution in [1.29, 1.82) is 0 Å². The zero-order chi connectivity index (χ0) is 14.7. The molecule has 1 aromatic rings. The van der Waals surface area contributed by atoms with E-state index in [1.807, 2.05) is 52.0 Å². The second kappa shape index (κ2) is 5.90. The van der Waals surface area contributed by atoms with Gasteiger partial charge in [0.05, 0.1) is 6.10 Å². The van der Waals surface area contributed by atoms with Crippen molar-refractivity contribution in [2.75, 3.05) is 0 Å². The Morgan fingerprint density at radius 3 is 2.30 bits per heavy atom. The second-order valence-electron chi connectivity index (χ2n) is 5.37. The molecule has 0 bridgehead atoms. The van der Waals surface area contributed by atoms with Gasteiger partial charge in [0.2, 0.25) is 0 Å². The van der Waals surface area contributed by atoms with Crippen LogP contribution in [0, 0.1) is 5.92 Å². The minimum absolute atomic E-state index is 0.142. The number of benzene rings is 1. The molecule has 0 fully saturated rings. The lowest BCUT2D eigenvalue weighted by molar-refractivity contribution is -0.115. The number of nitrogens with zero attached hydrogens (tertiary/aromatic N) is 1. The van der Waals surface area contributed by atoms with E-state index in [2.05, 4.69) is 10.3 Å². The van der Waals surface area contributed by atoms with Gasteiger partial charge in [0.1, 0.15) is 17.3 Å². The van der Waals surface area contributed by atoms with Gasteiger partial charge in [-0.2, -0.15) is 0 Å². The summed E-state index contributed by atoms with van der Waals surface area (Å²) in [6.45, 7) is 7.97. The summed E-state index contributed by atoms with van der Waals surface area (Å²) >= 11 is 0. The number of aliphatic imine (C=N–C) groups is 1. The minimum atomic E-state index is -0.142. The Labute approximate surface area is 119 Å². The Morgan fingerprint density at radius 2 is 1.80 bits per heavy atom. The van der Waals surface area contributed by atoms with Crippen molar-refractivity contribution in [2.24, 2.45) is 10.9 Å². The van der Waals surface area contributed by atoms with Gasteiger partial charge in [-0.05, 0) is 37.6 Å². The van der Waals surface area contributed by atoms with Crippen molar-refractivity contribution < 1.29 is 9.53 Å². The maximum atomic E-state index is 11.8. The van der Waals surface area contributed by atoms with E-state index in [9.17, 15) is 4.79 Å². The van der Waals surface area contributed by atoms with Crippen molar-refractivity contribution in [3.05, 3.63) is 35.5 Å². The first-order chi connectivity index (χ1) is 9.45. The predicted molar refractivity (Wildman–Crippen MR) is 80.6 cm³/mol. The van der Waals surface area contributed by atoms with Crippen LogP contribution in [0.4, 0.5) is 0 Å². The highest BCUT2D eigenvalue weighted by Gasteiger charge is 2.21.